The normalized spacial score (nSPS) is 9.93. The molecule has 0 atom stereocenters. The summed E-state index contributed by atoms with van der Waals surface area (Å²) < 4.78 is 4.92. The van der Waals surface area contributed by atoms with Gasteiger partial charge in [0, 0.05) is 17.7 Å². The molecule has 0 fully saturated rings. The van der Waals surface area contributed by atoms with E-state index >= 15 is 0 Å². The predicted octanol–water partition coefficient (Wildman–Crippen LogP) is 1.79. The van der Waals surface area contributed by atoms with E-state index in [1.54, 1.807) is 12.1 Å². The molecular formula is C11H9NO2S. The smallest absolute Gasteiger partial charge is 0.408 e. The lowest BCUT2D eigenvalue weighted by atomic mass is 10.2. The van der Waals surface area contributed by atoms with Crippen LogP contribution in [0.1, 0.15) is 12.0 Å². The largest absolute Gasteiger partial charge is 0.417 e. The number of H-pyrrole nitrogens is 1. The Bertz CT molecular complexity index is 586. The maximum Gasteiger partial charge on any atom is 0.417 e. The molecule has 0 saturated carbocycles. The molecule has 2 aromatic rings. The zero-order valence-electron chi connectivity index (χ0n) is 7.91. The monoisotopic (exact) mass is 219 g/mol. The molecule has 0 saturated heterocycles. The van der Waals surface area contributed by atoms with Gasteiger partial charge in [-0.25, -0.2) is 4.79 Å². The van der Waals surface area contributed by atoms with Crippen LogP contribution in [-0.2, 0) is 0 Å². The highest BCUT2D eigenvalue weighted by Crippen LogP contribution is 2.11. The first-order valence-corrected chi connectivity index (χ1v) is 5.15. The average Bonchev–Trinajstić information content (AvgIpc) is 2.57. The minimum atomic E-state index is -0.439. The summed E-state index contributed by atoms with van der Waals surface area (Å²) in [6, 6.07) is 5.38. The van der Waals surface area contributed by atoms with Crippen molar-refractivity contribution in [2.75, 3.05) is 5.75 Å². The van der Waals surface area contributed by atoms with Crippen molar-refractivity contribution in [2.24, 2.45) is 0 Å². The first-order valence-electron chi connectivity index (χ1n) is 4.52. The molecule has 0 spiro atoms. The zero-order chi connectivity index (χ0) is 10.7. The molecule has 0 unspecified atom stereocenters. The van der Waals surface area contributed by atoms with Crippen molar-refractivity contribution in [3.8, 4) is 11.8 Å². The number of oxazole rings is 1. The van der Waals surface area contributed by atoms with Crippen molar-refractivity contribution in [1.29, 1.82) is 0 Å². The van der Waals surface area contributed by atoms with E-state index in [2.05, 4.69) is 29.5 Å². The summed E-state index contributed by atoms with van der Waals surface area (Å²) in [5, 5.41) is 0. The predicted molar refractivity (Wildman–Crippen MR) is 62.2 cm³/mol. The molecule has 1 aromatic carbocycles. The van der Waals surface area contributed by atoms with Crippen molar-refractivity contribution < 1.29 is 4.42 Å². The summed E-state index contributed by atoms with van der Waals surface area (Å²) in [6.07, 6.45) is 0.748. The highest BCUT2D eigenvalue weighted by atomic mass is 32.1. The summed E-state index contributed by atoms with van der Waals surface area (Å²) in [7, 11) is 0. The molecule has 1 aromatic heterocycles. The van der Waals surface area contributed by atoms with Crippen LogP contribution < -0.4 is 5.76 Å². The fraction of sp³-hybridized carbons (Fsp3) is 0.182. The summed E-state index contributed by atoms with van der Waals surface area (Å²) in [6.45, 7) is 0. The maximum atomic E-state index is 10.9. The molecule has 15 heavy (non-hydrogen) atoms. The Hall–Kier alpha value is -1.60. The topological polar surface area (TPSA) is 46.0 Å². The van der Waals surface area contributed by atoms with E-state index in [0.29, 0.717) is 11.1 Å². The highest BCUT2D eigenvalue weighted by Gasteiger charge is 1.99. The summed E-state index contributed by atoms with van der Waals surface area (Å²) >= 11 is 4.06. The van der Waals surface area contributed by atoms with Crippen LogP contribution in [0.15, 0.2) is 27.4 Å². The van der Waals surface area contributed by atoms with Crippen LogP contribution in [0.5, 0.6) is 0 Å². The Morgan fingerprint density at radius 2 is 2.33 bits per heavy atom. The number of nitrogens with one attached hydrogen (secondary N) is 1. The van der Waals surface area contributed by atoms with Gasteiger partial charge in [0.25, 0.3) is 0 Å². The second-order valence-corrected chi connectivity index (χ2v) is 3.45. The summed E-state index contributed by atoms with van der Waals surface area (Å²) in [5.41, 5.74) is 2.07. The van der Waals surface area contributed by atoms with Gasteiger partial charge in [0.2, 0.25) is 0 Å². The van der Waals surface area contributed by atoms with Crippen molar-refractivity contribution in [3.63, 3.8) is 0 Å². The van der Waals surface area contributed by atoms with Gasteiger partial charge >= 0.3 is 5.76 Å². The molecule has 4 heteroatoms. The fourth-order valence-corrected chi connectivity index (χ4v) is 1.36. The van der Waals surface area contributed by atoms with Gasteiger partial charge < -0.3 is 4.42 Å². The lowest BCUT2D eigenvalue weighted by molar-refractivity contribution is 0.555. The number of thiol groups is 1. The number of hydrogen-bond donors (Lipinski definition) is 2. The number of aromatic amines is 1. The molecular weight excluding hydrogens is 210 g/mol. The molecule has 0 aliphatic carbocycles. The van der Waals surface area contributed by atoms with Crippen LogP contribution in [0.2, 0.25) is 0 Å². The number of hydrogen-bond acceptors (Lipinski definition) is 3. The Labute approximate surface area is 91.9 Å². The first-order chi connectivity index (χ1) is 7.29. The van der Waals surface area contributed by atoms with Crippen molar-refractivity contribution >= 4 is 23.7 Å². The molecule has 1 N–H and O–H groups in total. The SMILES string of the molecule is O=c1[nH]c2ccc(C#CCCS)cc2o1. The van der Waals surface area contributed by atoms with Crippen LogP contribution in [0.3, 0.4) is 0 Å². The molecule has 0 aliphatic heterocycles. The van der Waals surface area contributed by atoms with E-state index in [4.69, 9.17) is 4.42 Å². The second kappa shape index (κ2) is 4.28. The second-order valence-electron chi connectivity index (χ2n) is 3.00. The van der Waals surface area contributed by atoms with Gasteiger partial charge in [0.15, 0.2) is 5.58 Å². The molecule has 0 bridgehead atoms. The number of benzene rings is 1. The number of aromatic nitrogens is 1. The molecule has 1 heterocycles. The Kier molecular flexibility index (Phi) is 2.84. The van der Waals surface area contributed by atoms with Crippen molar-refractivity contribution in [1.82, 2.24) is 4.98 Å². The van der Waals surface area contributed by atoms with E-state index in [9.17, 15) is 4.79 Å². The highest BCUT2D eigenvalue weighted by molar-refractivity contribution is 7.80. The van der Waals surface area contributed by atoms with E-state index in [1.165, 1.54) is 0 Å². The minimum Gasteiger partial charge on any atom is -0.408 e. The third kappa shape index (κ3) is 2.25. The third-order valence-corrected chi connectivity index (χ3v) is 2.11. The molecule has 0 radical (unpaired) electrons. The number of rotatable bonds is 1. The lowest BCUT2D eigenvalue weighted by Crippen LogP contribution is -1.92. The van der Waals surface area contributed by atoms with Crippen LogP contribution >= 0.6 is 12.6 Å². The van der Waals surface area contributed by atoms with Crippen LogP contribution in [-0.4, -0.2) is 10.7 Å². The van der Waals surface area contributed by atoms with E-state index < -0.39 is 5.76 Å². The van der Waals surface area contributed by atoms with Gasteiger partial charge in [0.1, 0.15) is 0 Å². The van der Waals surface area contributed by atoms with Gasteiger partial charge in [-0.15, -0.1) is 0 Å². The third-order valence-electron chi connectivity index (χ3n) is 1.89. The van der Waals surface area contributed by atoms with Gasteiger partial charge in [-0.3, -0.25) is 4.98 Å². The molecule has 0 amide bonds. The first kappa shape index (κ1) is 9.94. The van der Waals surface area contributed by atoms with Crippen molar-refractivity contribution in [2.45, 2.75) is 6.42 Å². The maximum absolute atomic E-state index is 10.9. The fourth-order valence-electron chi connectivity index (χ4n) is 1.24. The van der Waals surface area contributed by atoms with Crippen LogP contribution in [0.25, 0.3) is 11.1 Å². The van der Waals surface area contributed by atoms with E-state index in [0.717, 1.165) is 17.7 Å². The molecule has 76 valence electrons. The summed E-state index contributed by atoms with van der Waals surface area (Å²) in [4.78, 5) is 13.5. The van der Waals surface area contributed by atoms with Gasteiger partial charge in [-0.05, 0) is 18.2 Å². The Morgan fingerprint density at radius 1 is 1.47 bits per heavy atom. The molecule has 2 rings (SSSR count). The van der Waals surface area contributed by atoms with Crippen molar-refractivity contribution in [3.05, 3.63) is 34.3 Å². The molecule has 0 aliphatic rings. The Morgan fingerprint density at radius 3 is 3.13 bits per heavy atom. The standard InChI is InChI=1S/C11H9NO2S/c13-11-12-9-5-4-8(3-1-2-6-15)7-10(9)14-11/h4-5,7,15H,2,6H2,(H,12,13). The number of fused-ring (bicyclic) bond motifs is 1. The summed E-state index contributed by atoms with van der Waals surface area (Å²) in [5.74, 6) is 6.24. The average molecular weight is 219 g/mol. The zero-order valence-corrected chi connectivity index (χ0v) is 8.80. The van der Waals surface area contributed by atoms with E-state index in [-0.39, 0.29) is 0 Å². The van der Waals surface area contributed by atoms with Gasteiger partial charge in [-0.2, -0.15) is 12.6 Å². The quantitative estimate of drug-likeness (QED) is 0.567. The van der Waals surface area contributed by atoms with E-state index in [1.807, 2.05) is 6.07 Å². The van der Waals surface area contributed by atoms with Crippen LogP contribution in [0, 0.1) is 11.8 Å². The lowest BCUT2D eigenvalue weighted by Gasteiger charge is -1.89. The van der Waals surface area contributed by atoms with Gasteiger partial charge in [0.05, 0.1) is 5.52 Å². The van der Waals surface area contributed by atoms with Crippen LogP contribution in [0.4, 0.5) is 0 Å². The van der Waals surface area contributed by atoms with Gasteiger partial charge in [-0.1, -0.05) is 11.8 Å². The minimum absolute atomic E-state index is 0.439. The Balaban J connectivity index is 2.39. The molecule has 3 nitrogen and oxygen atoms in total.